The summed E-state index contributed by atoms with van der Waals surface area (Å²) >= 11 is 5.82. The van der Waals surface area contributed by atoms with Gasteiger partial charge in [-0.25, -0.2) is 0 Å². The first-order chi connectivity index (χ1) is 9.78. The second kappa shape index (κ2) is 5.89. The largest absolute Gasteiger partial charge is 0.339 e. The molecule has 0 amide bonds. The number of hydrogen-bond donors (Lipinski definition) is 1. The van der Waals surface area contributed by atoms with Gasteiger partial charge in [0.05, 0.1) is 5.02 Å². The minimum atomic E-state index is 0.280. The van der Waals surface area contributed by atoms with Gasteiger partial charge in [0, 0.05) is 12.1 Å². The molecule has 0 saturated heterocycles. The van der Waals surface area contributed by atoms with Crippen LogP contribution in [0.5, 0.6) is 0 Å². The normalized spacial score (nSPS) is 22.9. The second-order valence-corrected chi connectivity index (χ2v) is 5.64. The van der Waals surface area contributed by atoms with Crippen LogP contribution in [-0.2, 0) is 0 Å². The Bertz CT molecular complexity index is 569. The van der Waals surface area contributed by atoms with E-state index in [0.717, 1.165) is 12.8 Å². The molecule has 0 radical (unpaired) electrons. The zero-order valence-electron chi connectivity index (χ0n) is 11.1. The summed E-state index contributed by atoms with van der Waals surface area (Å²) in [5.74, 6) is 1.92. The molecule has 20 heavy (non-hydrogen) atoms. The van der Waals surface area contributed by atoms with Crippen molar-refractivity contribution in [1.29, 1.82) is 0 Å². The molecule has 1 aliphatic carbocycles. The van der Waals surface area contributed by atoms with E-state index in [1.807, 2.05) is 0 Å². The number of nitrogens with zero attached hydrogens (tertiary/aromatic N) is 3. The Balaban J connectivity index is 1.84. The number of rotatable bonds is 3. The van der Waals surface area contributed by atoms with Gasteiger partial charge in [-0.1, -0.05) is 29.6 Å². The van der Waals surface area contributed by atoms with Gasteiger partial charge in [-0.05, 0) is 37.4 Å². The molecule has 1 fully saturated rings. The maximum Gasteiger partial charge on any atom is 0.230 e. The Morgan fingerprint density at radius 2 is 2.15 bits per heavy atom. The average Bonchev–Trinajstić information content (AvgIpc) is 2.97. The van der Waals surface area contributed by atoms with Gasteiger partial charge in [0.2, 0.25) is 11.7 Å². The smallest absolute Gasteiger partial charge is 0.230 e. The van der Waals surface area contributed by atoms with E-state index in [4.69, 9.17) is 21.9 Å². The summed E-state index contributed by atoms with van der Waals surface area (Å²) in [4.78, 5) is 8.70. The fraction of sp³-hybridized carbons (Fsp3) is 0.500. The van der Waals surface area contributed by atoms with E-state index in [-0.39, 0.29) is 5.92 Å². The third-order valence-corrected chi connectivity index (χ3v) is 4.15. The van der Waals surface area contributed by atoms with Crippen LogP contribution in [0.4, 0.5) is 0 Å². The summed E-state index contributed by atoms with van der Waals surface area (Å²) in [5.41, 5.74) is 6.52. The summed E-state index contributed by atoms with van der Waals surface area (Å²) in [6.45, 7) is 0.668. The maximum atomic E-state index is 5.85. The number of hydrogen-bond acceptors (Lipinski definition) is 5. The van der Waals surface area contributed by atoms with E-state index in [2.05, 4.69) is 15.1 Å². The zero-order valence-corrected chi connectivity index (χ0v) is 11.9. The quantitative estimate of drug-likeness (QED) is 0.941. The number of halogens is 1. The van der Waals surface area contributed by atoms with Crippen molar-refractivity contribution in [1.82, 2.24) is 15.1 Å². The monoisotopic (exact) mass is 292 g/mol. The predicted octanol–water partition coefficient (Wildman–Crippen LogP) is 3.02. The lowest BCUT2D eigenvalue weighted by molar-refractivity contribution is 0.249. The molecule has 0 aliphatic heterocycles. The standard InChI is InChI=1S/C14H17ClN4O/c15-10-5-6-12(17-8-10)13-18-14(20-19-13)11-4-2-1-3-9(11)7-16/h5-6,8-9,11H,1-4,7,16H2. The molecule has 2 aromatic heterocycles. The van der Waals surface area contributed by atoms with E-state index in [9.17, 15) is 0 Å². The fourth-order valence-corrected chi connectivity index (χ4v) is 2.92. The van der Waals surface area contributed by atoms with Crippen molar-refractivity contribution in [2.75, 3.05) is 6.54 Å². The van der Waals surface area contributed by atoms with Crippen molar-refractivity contribution in [2.24, 2.45) is 11.7 Å². The van der Waals surface area contributed by atoms with Gasteiger partial charge in [0.1, 0.15) is 5.69 Å². The van der Waals surface area contributed by atoms with Crippen LogP contribution in [-0.4, -0.2) is 21.7 Å². The Labute approximate surface area is 122 Å². The molecule has 0 spiro atoms. The van der Waals surface area contributed by atoms with Gasteiger partial charge in [0.25, 0.3) is 0 Å². The van der Waals surface area contributed by atoms with Crippen LogP contribution in [0.25, 0.3) is 11.5 Å². The molecule has 2 unspecified atom stereocenters. The molecule has 3 rings (SSSR count). The van der Waals surface area contributed by atoms with Gasteiger partial charge in [0.15, 0.2) is 0 Å². The summed E-state index contributed by atoms with van der Waals surface area (Å²) in [6, 6.07) is 3.56. The van der Waals surface area contributed by atoms with Gasteiger partial charge in [-0.2, -0.15) is 4.98 Å². The molecule has 106 valence electrons. The maximum absolute atomic E-state index is 5.85. The van der Waals surface area contributed by atoms with Crippen molar-refractivity contribution in [2.45, 2.75) is 31.6 Å². The summed E-state index contributed by atoms with van der Waals surface area (Å²) in [7, 11) is 0. The lowest BCUT2D eigenvalue weighted by Crippen LogP contribution is -2.25. The summed E-state index contributed by atoms with van der Waals surface area (Å²) in [6.07, 6.45) is 6.21. The van der Waals surface area contributed by atoms with Crippen molar-refractivity contribution < 1.29 is 4.52 Å². The van der Waals surface area contributed by atoms with Crippen molar-refractivity contribution in [3.8, 4) is 11.5 Å². The van der Waals surface area contributed by atoms with Crippen LogP contribution in [0.3, 0.4) is 0 Å². The van der Waals surface area contributed by atoms with E-state index in [0.29, 0.717) is 34.9 Å². The first-order valence-corrected chi connectivity index (χ1v) is 7.31. The topological polar surface area (TPSA) is 77.8 Å². The number of aromatic nitrogens is 3. The molecule has 6 heteroatoms. The number of pyridine rings is 1. The van der Waals surface area contributed by atoms with Crippen molar-refractivity contribution >= 4 is 11.6 Å². The van der Waals surface area contributed by atoms with E-state index in [1.54, 1.807) is 18.3 Å². The predicted molar refractivity (Wildman–Crippen MR) is 76.3 cm³/mol. The Morgan fingerprint density at radius 3 is 2.90 bits per heavy atom. The van der Waals surface area contributed by atoms with Crippen LogP contribution in [0.1, 0.15) is 37.5 Å². The molecule has 2 N–H and O–H groups in total. The second-order valence-electron chi connectivity index (χ2n) is 5.20. The van der Waals surface area contributed by atoms with Gasteiger partial charge < -0.3 is 10.3 Å². The van der Waals surface area contributed by atoms with E-state index >= 15 is 0 Å². The SMILES string of the molecule is NCC1CCCCC1c1nc(-c2ccc(Cl)cn2)no1. The van der Waals surface area contributed by atoms with Crippen LogP contribution >= 0.6 is 11.6 Å². The van der Waals surface area contributed by atoms with Gasteiger partial charge >= 0.3 is 0 Å². The van der Waals surface area contributed by atoms with Crippen LogP contribution in [0.15, 0.2) is 22.9 Å². The Hall–Kier alpha value is -1.46. The molecule has 2 heterocycles. The third-order valence-electron chi connectivity index (χ3n) is 3.93. The first-order valence-electron chi connectivity index (χ1n) is 6.93. The van der Waals surface area contributed by atoms with Crippen LogP contribution in [0.2, 0.25) is 5.02 Å². The van der Waals surface area contributed by atoms with E-state index in [1.165, 1.54) is 12.8 Å². The molecular formula is C14H17ClN4O. The highest BCUT2D eigenvalue weighted by Crippen LogP contribution is 2.36. The van der Waals surface area contributed by atoms with Gasteiger partial charge in [-0.15, -0.1) is 0 Å². The summed E-state index contributed by atoms with van der Waals surface area (Å²) in [5, 5.41) is 4.62. The first kappa shape index (κ1) is 13.5. The highest BCUT2D eigenvalue weighted by molar-refractivity contribution is 6.30. The third kappa shape index (κ3) is 2.69. The minimum absolute atomic E-state index is 0.280. The molecule has 2 aromatic rings. The molecular weight excluding hydrogens is 276 g/mol. The Morgan fingerprint density at radius 1 is 1.30 bits per heavy atom. The summed E-state index contributed by atoms with van der Waals surface area (Å²) < 4.78 is 5.43. The highest BCUT2D eigenvalue weighted by atomic mass is 35.5. The molecule has 0 bridgehead atoms. The van der Waals surface area contributed by atoms with Crippen LogP contribution in [0, 0.1) is 5.92 Å². The van der Waals surface area contributed by atoms with Crippen molar-refractivity contribution in [3.63, 3.8) is 0 Å². The minimum Gasteiger partial charge on any atom is -0.339 e. The molecule has 2 atom stereocenters. The number of nitrogens with two attached hydrogens (primary N) is 1. The molecule has 1 aliphatic rings. The Kier molecular flexibility index (Phi) is 3.98. The van der Waals surface area contributed by atoms with Crippen molar-refractivity contribution in [3.05, 3.63) is 29.2 Å². The lowest BCUT2D eigenvalue weighted by atomic mass is 9.79. The van der Waals surface area contributed by atoms with Crippen LogP contribution < -0.4 is 5.73 Å². The highest BCUT2D eigenvalue weighted by Gasteiger charge is 2.30. The molecule has 1 saturated carbocycles. The fourth-order valence-electron chi connectivity index (χ4n) is 2.81. The van der Waals surface area contributed by atoms with Gasteiger partial charge in [-0.3, -0.25) is 4.98 Å². The molecule has 5 nitrogen and oxygen atoms in total. The lowest BCUT2D eigenvalue weighted by Gasteiger charge is -2.27. The zero-order chi connectivity index (χ0) is 13.9. The average molecular weight is 293 g/mol. The van der Waals surface area contributed by atoms with E-state index < -0.39 is 0 Å². The molecule has 0 aromatic carbocycles.